The summed E-state index contributed by atoms with van der Waals surface area (Å²) in [5.41, 5.74) is 2.72. The van der Waals surface area contributed by atoms with Crippen molar-refractivity contribution in [3.63, 3.8) is 0 Å². The molecule has 28 heavy (non-hydrogen) atoms. The lowest BCUT2D eigenvalue weighted by Gasteiger charge is -2.11. The van der Waals surface area contributed by atoms with E-state index in [0.29, 0.717) is 27.5 Å². The Balaban J connectivity index is 1.56. The Hall–Kier alpha value is -2.63. The van der Waals surface area contributed by atoms with Gasteiger partial charge in [0, 0.05) is 22.1 Å². The molecule has 1 saturated carbocycles. The van der Waals surface area contributed by atoms with Crippen LogP contribution in [0.15, 0.2) is 42.5 Å². The van der Waals surface area contributed by atoms with Crippen LogP contribution in [-0.4, -0.2) is 22.8 Å². The maximum Gasteiger partial charge on any atom is 0.257 e. The van der Waals surface area contributed by atoms with E-state index in [1.807, 2.05) is 6.07 Å². The zero-order valence-corrected chi connectivity index (χ0v) is 16.6. The first-order valence-corrected chi connectivity index (χ1v) is 9.65. The van der Waals surface area contributed by atoms with Crippen LogP contribution in [0.5, 0.6) is 0 Å². The number of nitrogens with zero attached hydrogens (tertiary/aromatic N) is 1. The summed E-state index contributed by atoms with van der Waals surface area (Å²) in [6, 6.07) is 12.2. The summed E-state index contributed by atoms with van der Waals surface area (Å²) in [5, 5.41) is 7.36. The van der Waals surface area contributed by atoms with Crippen molar-refractivity contribution in [2.24, 2.45) is 0 Å². The second kappa shape index (κ2) is 7.41. The fourth-order valence-corrected chi connectivity index (χ4v) is 3.39. The van der Waals surface area contributed by atoms with Crippen molar-refractivity contribution in [1.82, 2.24) is 10.3 Å². The second-order valence-electron chi connectivity index (χ2n) is 6.85. The Morgan fingerprint density at radius 3 is 2.50 bits per heavy atom. The van der Waals surface area contributed by atoms with E-state index >= 15 is 0 Å². The van der Waals surface area contributed by atoms with E-state index in [0.717, 1.165) is 23.7 Å². The number of aryl methyl sites for hydroxylation is 1. The van der Waals surface area contributed by atoms with Crippen LogP contribution in [-0.2, 0) is 0 Å². The Kier molecular flexibility index (Phi) is 4.96. The molecule has 1 aliphatic carbocycles. The molecule has 2 amide bonds. The monoisotopic (exact) mass is 413 g/mol. The van der Waals surface area contributed by atoms with Gasteiger partial charge >= 0.3 is 0 Å². The molecule has 0 radical (unpaired) electrons. The Morgan fingerprint density at radius 2 is 1.79 bits per heavy atom. The van der Waals surface area contributed by atoms with Crippen molar-refractivity contribution in [1.29, 1.82) is 0 Å². The Morgan fingerprint density at radius 1 is 1.00 bits per heavy atom. The van der Waals surface area contributed by atoms with Gasteiger partial charge in [-0.3, -0.25) is 14.6 Å². The van der Waals surface area contributed by atoms with Gasteiger partial charge in [0.25, 0.3) is 11.8 Å². The third kappa shape index (κ3) is 3.96. The van der Waals surface area contributed by atoms with Crippen LogP contribution in [0, 0.1) is 6.92 Å². The van der Waals surface area contributed by atoms with Gasteiger partial charge in [0.2, 0.25) is 0 Å². The molecule has 3 aromatic rings. The summed E-state index contributed by atoms with van der Waals surface area (Å²) in [5.74, 6) is -0.505. The van der Waals surface area contributed by atoms with Crippen LogP contribution in [0.4, 0.5) is 5.69 Å². The van der Waals surface area contributed by atoms with Gasteiger partial charge in [0.15, 0.2) is 0 Å². The maximum atomic E-state index is 12.7. The topological polar surface area (TPSA) is 71.1 Å². The number of aromatic nitrogens is 1. The number of pyridine rings is 1. The van der Waals surface area contributed by atoms with Gasteiger partial charge in [-0.15, -0.1) is 0 Å². The van der Waals surface area contributed by atoms with E-state index in [1.54, 1.807) is 43.3 Å². The molecule has 1 aromatic heterocycles. The van der Waals surface area contributed by atoms with Crippen LogP contribution in [0.1, 0.15) is 39.3 Å². The van der Waals surface area contributed by atoms with Gasteiger partial charge in [-0.2, -0.15) is 0 Å². The summed E-state index contributed by atoms with van der Waals surface area (Å²) in [4.78, 5) is 29.4. The summed E-state index contributed by atoms with van der Waals surface area (Å²) in [6.45, 7) is 1.78. The minimum atomic E-state index is -0.307. The number of hydrogen-bond acceptors (Lipinski definition) is 3. The number of benzene rings is 2. The van der Waals surface area contributed by atoms with E-state index in [-0.39, 0.29) is 22.9 Å². The van der Waals surface area contributed by atoms with Gasteiger partial charge in [-0.1, -0.05) is 23.2 Å². The van der Waals surface area contributed by atoms with Gasteiger partial charge in [-0.05, 0) is 62.2 Å². The number of carbonyl (C=O) groups excluding carboxylic acids is 2. The smallest absolute Gasteiger partial charge is 0.257 e. The first-order chi connectivity index (χ1) is 13.4. The number of nitrogens with one attached hydrogen (secondary N) is 2. The van der Waals surface area contributed by atoms with Crippen LogP contribution >= 0.6 is 23.2 Å². The number of rotatable bonds is 4. The zero-order chi connectivity index (χ0) is 19.8. The van der Waals surface area contributed by atoms with Gasteiger partial charge < -0.3 is 10.6 Å². The summed E-state index contributed by atoms with van der Waals surface area (Å²) >= 11 is 12.3. The largest absolute Gasteiger partial charge is 0.349 e. The third-order valence-corrected chi connectivity index (χ3v) is 5.14. The molecule has 2 aromatic carbocycles. The molecule has 1 aliphatic rings. The fraction of sp³-hybridized carbons (Fsp3) is 0.190. The highest BCUT2D eigenvalue weighted by Gasteiger charge is 2.24. The van der Waals surface area contributed by atoms with E-state index in [2.05, 4.69) is 15.6 Å². The molecule has 0 saturated heterocycles. The molecule has 7 heteroatoms. The van der Waals surface area contributed by atoms with Crippen molar-refractivity contribution in [2.45, 2.75) is 25.8 Å². The van der Waals surface area contributed by atoms with E-state index < -0.39 is 0 Å². The summed E-state index contributed by atoms with van der Waals surface area (Å²) in [6.07, 6.45) is 2.00. The van der Waals surface area contributed by atoms with Crippen LogP contribution in [0.25, 0.3) is 10.9 Å². The lowest BCUT2D eigenvalue weighted by Crippen LogP contribution is -2.25. The molecule has 1 fully saturated rings. The quantitative estimate of drug-likeness (QED) is 0.632. The second-order valence-corrected chi connectivity index (χ2v) is 7.70. The molecule has 1 heterocycles. The van der Waals surface area contributed by atoms with Crippen LogP contribution in [0.3, 0.4) is 0 Å². The highest BCUT2D eigenvalue weighted by Crippen LogP contribution is 2.25. The molecule has 0 atom stereocenters. The number of halogens is 2. The predicted octanol–water partition coefficient (Wildman–Crippen LogP) is 4.99. The Bertz CT molecular complexity index is 1110. The SMILES string of the molecule is Cc1nc2ccc(Cl)cc2cc1C(=O)Nc1ccc(C(=O)NC2CC2)c(Cl)c1. The summed E-state index contributed by atoms with van der Waals surface area (Å²) < 4.78 is 0. The van der Waals surface area contributed by atoms with Gasteiger partial charge in [-0.25, -0.2) is 0 Å². The molecule has 0 bridgehead atoms. The van der Waals surface area contributed by atoms with Crippen molar-refractivity contribution in [3.05, 3.63) is 69.3 Å². The number of amides is 2. The maximum absolute atomic E-state index is 12.7. The zero-order valence-electron chi connectivity index (χ0n) is 15.1. The molecule has 0 aliphatic heterocycles. The number of anilines is 1. The standard InChI is InChI=1S/C21H17Cl2N3O2/c1-11-17(9-12-8-13(22)2-7-19(12)24-11)21(28)26-15-5-6-16(18(23)10-15)20(27)25-14-3-4-14/h2,5-10,14H,3-4H2,1H3,(H,25,27)(H,26,28). The van der Waals surface area contributed by atoms with Gasteiger partial charge in [0.1, 0.15) is 0 Å². The van der Waals surface area contributed by atoms with Crippen molar-refractivity contribution in [2.75, 3.05) is 5.32 Å². The van der Waals surface area contributed by atoms with E-state index in [4.69, 9.17) is 23.2 Å². The number of fused-ring (bicyclic) bond motifs is 1. The Labute approximate surface area is 172 Å². The highest BCUT2D eigenvalue weighted by atomic mass is 35.5. The molecule has 5 nitrogen and oxygen atoms in total. The number of carbonyl (C=O) groups is 2. The summed E-state index contributed by atoms with van der Waals surface area (Å²) in [7, 11) is 0. The van der Waals surface area contributed by atoms with E-state index in [1.165, 1.54) is 0 Å². The van der Waals surface area contributed by atoms with E-state index in [9.17, 15) is 9.59 Å². The van der Waals surface area contributed by atoms with Gasteiger partial charge in [0.05, 0.1) is 27.4 Å². The van der Waals surface area contributed by atoms with Crippen molar-refractivity contribution < 1.29 is 9.59 Å². The minimum Gasteiger partial charge on any atom is -0.349 e. The molecule has 0 spiro atoms. The fourth-order valence-electron chi connectivity index (χ4n) is 2.94. The highest BCUT2D eigenvalue weighted by molar-refractivity contribution is 6.34. The van der Waals surface area contributed by atoms with Crippen molar-refractivity contribution in [3.8, 4) is 0 Å². The average molecular weight is 414 g/mol. The first kappa shape index (κ1) is 18.7. The molecule has 2 N–H and O–H groups in total. The molecular formula is C21H17Cl2N3O2. The van der Waals surface area contributed by atoms with Crippen LogP contribution in [0.2, 0.25) is 10.0 Å². The molecule has 142 valence electrons. The molecule has 0 unspecified atom stereocenters. The molecule has 4 rings (SSSR count). The van der Waals surface area contributed by atoms with Crippen LogP contribution < -0.4 is 10.6 Å². The lowest BCUT2D eigenvalue weighted by molar-refractivity contribution is 0.0950. The normalized spacial score (nSPS) is 13.4. The van der Waals surface area contributed by atoms with Crippen molar-refractivity contribution >= 4 is 51.6 Å². The first-order valence-electron chi connectivity index (χ1n) is 8.89. The lowest BCUT2D eigenvalue weighted by atomic mass is 10.1. The third-order valence-electron chi connectivity index (χ3n) is 4.60. The predicted molar refractivity (Wildman–Crippen MR) is 111 cm³/mol. The average Bonchev–Trinajstić information content (AvgIpc) is 3.45. The minimum absolute atomic E-state index is 0.197. The number of hydrogen-bond donors (Lipinski definition) is 2. The molecular weight excluding hydrogens is 397 g/mol.